The maximum absolute atomic E-state index is 2.36. The van der Waals surface area contributed by atoms with Crippen LogP contribution in [0.1, 0.15) is 13.8 Å². The van der Waals surface area contributed by atoms with Crippen molar-refractivity contribution < 1.29 is 0 Å². The Bertz CT molecular complexity index is 690. The van der Waals surface area contributed by atoms with Gasteiger partial charge in [-0.05, 0) is 38.1 Å². The van der Waals surface area contributed by atoms with E-state index in [1.54, 1.807) is 0 Å². The van der Waals surface area contributed by atoms with Crippen molar-refractivity contribution in [2.45, 2.75) is 26.2 Å². The van der Waals surface area contributed by atoms with Crippen molar-refractivity contribution in [2.24, 2.45) is 0 Å². The lowest BCUT2D eigenvalue weighted by Gasteiger charge is -2.36. The topological polar surface area (TPSA) is 13.0 Å². The molecule has 0 spiro atoms. The zero-order chi connectivity index (χ0) is 17.2. The highest BCUT2D eigenvalue weighted by atomic mass is 15.5. The summed E-state index contributed by atoms with van der Waals surface area (Å²) >= 11 is 0. The number of anilines is 2. The molecule has 0 saturated heterocycles. The van der Waals surface area contributed by atoms with E-state index >= 15 is 0 Å². The number of hydrogen-bond acceptors (Lipinski definition) is 4. The second kappa shape index (κ2) is 6.55. The van der Waals surface area contributed by atoms with Gasteiger partial charge in [-0.15, -0.1) is 0 Å². The summed E-state index contributed by atoms with van der Waals surface area (Å²) in [7, 11) is 0. The van der Waals surface area contributed by atoms with Gasteiger partial charge in [-0.25, -0.2) is 0 Å². The average Bonchev–Trinajstić information content (AvgIpc) is 3.20. The minimum Gasteiger partial charge on any atom is -0.338 e. The van der Waals surface area contributed by atoms with Crippen molar-refractivity contribution >= 4 is 11.4 Å². The van der Waals surface area contributed by atoms with E-state index in [-0.39, 0.29) is 0 Å². The van der Waals surface area contributed by atoms with Gasteiger partial charge in [0.15, 0.2) is 0 Å². The minimum absolute atomic E-state index is 0.300. The molecule has 2 aliphatic heterocycles. The van der Waals surface area contributed by atoms with Crippen LogP contribution in [0, 0.1) is 0 Å². The Labute approximate surface area is 149 Å². The summed E-state index contributed by atoms with van der Waals surface area (Å²) in [5.74, 6) is 0. The molecular weight excluding hydrogens is 308 g/mol. The Morgan fingerprint density at radius 3 is 1.40 bits per heavy atom. The zero-order valence-corrected chi connectivity index (χ0v) is 14.7. The molecule has 0 aromatic heterocycles. The SMILES string of the molecule is C[C@@H]1N(CN2C=CN(c3ccccc3)[C@H]2C)C=CN1c1ccccc1. The molecule has 2 heterocycles. The molecule has 4 nitrogen and oxygen atoms in total. The van der Waals surface area contributed by atoms with E-state index in [0.29, 0.717) is 12.3 Å². The van der Waals surface area contributed by atoms with Gasteiger partial charge in [0, 0.05) is 36.2 Å². The third kappa shape index (κ3) is 2.95. The summed E-state index contributed by atoms with van der Waals surface area (Å²) in [6.45, 7) is 5.35. The van der Waals surface area contributed by atoms with Crippen LogP contribution in [0.2, 0.25) is 0 Å². The van der Waals surface area contributed by atoms with Gasteiger partial charge in [0.1, 0.15) is 12.3 Å². The van der Waals surface area contributed by atoms with Crippen molar-refractivity contribution in [3.8, 4) is 0 Å². The Hall–Kier alpha value is -2.88. The summed E-state index contributed by atoms with van der Waals surface area (Å²) in [4.78, 5) is 9.34. The summed E-state index contributed by atoms with van der Waals surface area (Å²) in [6, 6.07) is 21.1. The molecule has 0 N–H and O–H groups in total. The molecule has 2 aromatic carbocycles. The van der Waals surface area contributed by atoms with Gasteiger partial charge >= 0.3 is 0 Å². The maximum atomic E-state index is 2.36. The van der Waals surface area contributed by atoms with Gasteiger partial charge in [0.25, 0.3) is 0 Å². The van der Waals surface area contributed by atoms with Crippen LogP contribution in [0.5, 0.6) is 0 Å². The molecule has 2 aliphatic rings. The van der Waals surface area contributed by atoms with Gasteiger partial charge in [0.05, 0.1) is 6.67 Å². The van der Waals surface area contributed by atoms with Crippen molar-refractivity contribution in [3.05, 3.63) is 85.5 Å². The lowest BCUT2D eigenvalue weighted by atomic mass is 10.3. The van der Waals surface area contributed by atoms with Crippen LogP contribution in [0.3, 0.4) is 0 Å². The molecule has 0 aliphatic carbocycles. The molecule has 4 rings (SSSR count). The first-order chi connectivity index (χ1) is 12.2. The predicted octanol–water partition coefficient (Wildman–Crippen LogP) is 4.22. The number of rotatable bonds is 4. The number of nitrogens with zero attached hydrogens (tertiary/aromatic N) is 4. The number of benzene rings is 2. The smallest absolute Gasteiger partial charge is 0.104 e. The molecule has 2 aromatic rings. The van der Waals surface area contributed by atoms with Gasteiger partial charge in [-0.3, -0.25) is 0 Å². The lowest BCUT2D eigenvalue weighted by Crippen LogP contribution is -2.45. The van der Waals surface area contributed by atoms with Gasteiger partial charge in [-0.2, -0.15) is 0 Å². The Kier molecular flexibility index (Phi) is 4.10. The van der Waals surface area contributed by atoms with E-state index < -0.39 is 0 Å². The van der Waals surface area contributed by atoms with E-state index in [4.69, 9.17) is 0 Å². The summed E-state index contributed by atoms with van der Waals surface area (Å²) in [6.07, 6.45) is 9.30. The maximum Gasteiger partial charge on any atom is 0.104 e. The van der Waals surface area contributed by atoms with Crippen LogP contribution in [0.15, 0.2) is 85.5 Å². The molecule has 0 radical (unpaired) electrons. The molecule has 25 heavy (non-hydrogen) atoms. The minimum atomic E-state index is 0.300. The van der Waals surface area contributed by atoms with E-state index in [9.17, 15) is 0 Å². The number of hydrogen-bond donors (Lipinski definition) is 0. The molecule has 128 valence electrons. The van der Waals surface area contributed by atoms with Crippen LogP contribution in [0.25, 0.3) is 0 Å². The van der Waals surface area contributed by atoms with Crippen molar-refractivity contribution in [3.63, 3.8) is 0 Å². The first-order valence-corrected chi connectivity index (χ1v) is 8.79. The second-order valence-electron chi connectivity index (χ2n) is 6.52. The third-order valence-corrected chi connectivity index (χ3v) is 5.04. The summed E-state index contributed by atoms with van der Waals surface area (Å²) < 4.78 is 0. The largest absolute Gasteiger partial charge is 0.338 e. The Morgan fingerprint density at radius 2 is 1.00 bits per heavy atom. The highest BCUT2D eigenvalue weighted by Crippen LogP contribution is 2.27. The molecule has 0 fully saturated rings. The molecule has 2 atom stereocenters. The van der Waals surface area contributed by atoms with E-state index in [1.807, 2.05) is 0 Å². The molecule has 0 saturated carbocycles. The highest BCUT2D eigenvalue weighted by molar-refractivity contribution is 5.52. The molecule has 0 bridgehead atoms. The molecule has 0 amide bonds. The molecule has 0 unspecified atom stereocenters. The Morgan fingerprint density at radius 1 is 0.600 bits per heavy atom. The molecular formula is C21H24N4. The zero-order valence-electron chi connectivity index (χ0n) is 14.7. The van der Waals surface area contributed by atoms with Crippen molar-refractivity contribution in [1.29, 1.82) is 0 Å². The van der Waals surface area contributed by atoms with E-state index in [1.165, 1.54) is 11.4 Å². The Balaban J connectivity index is 1.42. The fraction of sp³-hybridized carbons (Fsp3) is 0.238. The highest BCUT2D eigenvalue weighted by Gasteiger charge is 2.28. The normalized spacial score (nSPS) is 22.3. The predicted molar refractivity (Wildman–Crippen MR) is 104 cm³/mol. The van der Waals surface area contributed by atoms with Crippen LogP contribution < -0.4 is 9.80 Å². The third-order valence-electron chi connectivity index (χ3n) is 5.04. The monoisotopic (exact) mass is 332 g/mol. The summed E-state index contributed by atoms with van der Waals surface area (Å²) in [5.41, 5.74) is 2.45. The van der Waals surface area contributed by atoms with E-state index in [2.05, 4.69) is 119 Å². The standard InChI is InChI=1S/C21H24N4/c1-18-22(13-15-24(18)20-9-5-3-6-10-20)17-23-14-16-25(19(23)2)21-11-7-4-8-12-21/h3-16,18-19H,17H2,1-2H3/t18-,19+. The average molecular weight is 332 g/mol. The summed E-state index contributed by atoms with van der Waals surface area (Å²) in [5, 5.41) is 0. The van der Waals surface area contributed by atoms with E-state index in [0.717, 1.165) is 6.67 Å². The lowest BCUT2D eigenvalue weighted by molar-refractivity contribution is 0.176. The fourth-order valence-electron chi connectivity index (χ4n) is 3.46. The quantitative estimate of drug-likeness (QED) is 0.831. The van der Waals surface area contributed by atoms with Crippen molar-refractivity contribution in [2.75, 3.05) is 16.5 Å². The second-order valence-corrected chi connectivity index (χ2v) is 6.52. The van der Waals surface area contributed by atoms with Gasteiger partial charge in [0.2, 0.25) is 0 Å². The van der Waals surface area contributed by atoms with Crippen LogP contribution in [-0.2, 0) is 0 Å². The fourth-order valence-corrected chi connectivity index (χ4v) is 3.46. The van der Waals surface area contributed by atoms with Crippen LogP contribution in [-0.4, -0.2) is 28.8 Å². The van der Waals surface area contributed by atoms with Gasteiger partial charge in [-0.1, -0.05) is 36.4 Å². The van der Waals surface area contributed by atoms with Crippen molar-refractivity contribution in [1.82, 2.24) is 9.80 Å². The first kappa shape index (κ1) is 15.6. The van der Waals surface area contributed by atoms with Crippen LogP contribution in [0.4, 0.5) is 11.4 Å². The van der Waals surface area contributed by atoms with Gasteiger partial charge < -0.3 is 19.6 Å². The first-order valence-electron chi connectivity index (χ1n) is 8.79. The molecule has 4 heteroatoms. The number of para-hydroxylation sites is 2. The van der Waals surface area contributed by atoms with Crippen LogP contribution >= 0.6 is 0 Å².